The van der Waals surface area contributed by atoms with Crippen LogP contribution in [0.25, 0.3) is 0 Å². The third kappa shape index (κ3) is 3.93. The average Bonchev–Trinajstić information content (AvgIpc) is 2.60. The number of rotatable bonds is 5. The number of hydrogen-bond acceptors (Lipinski definition) is 4. The van der Waals surface area contributed by atoms with Gasteiger partial charge in [-0.25, -0.2) is 0 Å². The molecule has 5 nitrogen and oxygen atoms in total. The maximum Gasteiger partial charge on any atom is 0.241 e. The fraction of sp³-hybridized carbons (Fsp3) is 0.556. The lowest BCUT2D eigenvalue weighted by Crippen LogP contribution is -2.35. The molecule has 1 aromatic rings. The van der Waals surface area contributed by atoms with Gasteiger partial charge in [-0.05, 0) is 18.4 Å². The molecule has 15 heavy (non-hydrogen) atoms. The monoisotopic (exact) mass is 228 g/mol. The van der Waals surface area contributed by atoms with Gasteiger partial charge in [0.15, 0.2) is 0 Å². The van der Waals surface area contributed by atoms with E-state index in [1.807, 2.05) is 6.26 Å². The van der Waals surface area contributed by atoms with Gasteiger partial charge in [0.1, 0.15) is 0 Å². The molecule has 0 aliphatic heterocycles. The van der Waals surface area contributed by atoms with Gasteiger partial charge in [0.2, 0.25) is 5.91 Å². The summed E-state index contributed by atoms with van der Waals surface area (Å²) in [6.07, 6.45) is 6.01. The molecule has 0 bridgehead atoms. The standard InChI is InChI=1S/C9H16N4OS/c1-13-6-7(5-11-13)12-9(14)8(10)3-4-15-2/h5-6,8H,3-4,10H2,1-2H3,(H,12,14)/t8-/m0/s1. The molecule has 0 saturated carbocycles. The lowest BCUT2D eigenvalue weighted by atomic mass is 10.2. The topological polar surface area (TPSA) is 72.9 Å². The Labute approximate surface area is 93.4 Å². The zero-order valence-electron chi connectivity index (χ0n) is 8.93. The van der Waals surface area contributed by atoms with Crippen LogP contribution < -0.4 is 11.1 Å². The van der Waals surface area contributed by atoms with E-state index in [0.29, 0.717) is 12.1 Å². The maximum absolute atomic E-state index is 11.5. The molecule has 1 rings (SSSR count). The summed E-state index contributed by atoms with van der Waals surface area (Å²) in [5.41, 5.74) is 6.39. The summed E-state index contributed by atoms with van der Waals surface area (Å²) in [6.45, 7) is 0. The lowest BCUT2D eigenvalue weighted by Gasteiger charge is -2.09. The Hall–Kier alpha value is -1.01. The minimum absolute atomic E-state index is 0.156. The first-order valence-corrected chi connectivity index (χ1v) is 6.07. The van der Waals surface area contributed by atoms with Crippen molar-refractivity contribution in [2.75, 3.05) is 17.3 Å². The predicted octanol–water partition coefficient (Wildman–Crippen LogP) is 0.439. The quantitative estimate of drug-likeness (QED) is 0.767. The highest BCUT2D eigenvalue weighted by molar-refractivity contribution is 7.98. The largest absolute Gasteiger partial charge is 0.322 e. The summed E-state index contributed by atoms with van der Waals surface area (Å²) in [6, 6.07) is -0.447. The van der Waals surface area contributed by atoms with E-state index in [1.54, 1.807) is 35.9 Å². The SMILES string of the molecule is CSCC[C@H](N)C(=O)Nc1cnn(C)c1. The van der Waals surface area contributed by atoms with Crippen molar-refractivity contribution in [2.24, 2.45) is 12.8 Å². The molecular weight excluding hydrogens is 212 g/mol. The third-order valence-electron chi connectivity index (χ3n) is 1.94. The molecule has 0 aliphatic carbocycles. The van der Waals surface area contributed by atoms with Crippen LogP contribution in [0, 0.1) is 0 Å². The molecule has 0 fully saturated rings. The number of nitrogens with one attached hydrogen (secondary N) is 1. The second kappa shape index (κ2) is 5.77. The van der Waals surface area contributed by atoms with E-state index >= 15 is 0 Å². The number of anilines is 1. The zero-order valence-corrected chi connectivity index (χ0v) is 9.75. The zero-order chi connectivity index (χ0) is 11.3. The Kier molecular flexibility index (Phi) is 4.64. The number of thioether (sulfide) groups is 1. The Morgan fingerprint density at radius 1 is 1.80 bits per heavy atom. The molecule has 84 valence electrons. The van der Waals surface area contributed by atoms with E-state index in [9.17, 15) is 4.79 Å². The molecular formula is C9H16N4OS. The number of carbonyl (C=O) groups is 1. The number of carbonyl (C=O) groups excluding carboxylic acids is 1. The van der Waals surface area contributed by atoms with Gasteiger partial charge in [-0.15, -0.1) is 0 Å². The van der Waals surface area contributed by atoms with Crippen LogP contribution >= 0.6 is 11.8 Å². The van der Waals surface area contributed by atoms with Gasteiger partial charge in [-0.1, -0.05) is 0 Å². The van der Waals surface area contributed by atoms with Crippen molar-refractivity contribution in [3.63, 3.8) is 0 Å². The summed E-state index contributed by atoms with van der Waals surface area (Å²) < 4.78 is 1.63. The molecule has 0 aliphatic rings. The van der Waals surface area contributed by atoms with Crippen molar-refractivity contribution < 1.29 is 4.79 Å². The van der Waals surface area contributed by atoms with Gasteiger partial charge in [0, 0.05) is 13.2 Å². The fourth-order valence-corrected chi connectivity index (χ4v) is 1.59. The van der Waals surface area contributed by atoms with Crippen molar-refractivity contribution in [1.29, 1.82) is 0 Å². The summed E-state index contributed by atoms with van der Waals surface area (Å²) >= 11 is 1.68. The first kappa shape index (κ1) is 12.1. The van der Waals surface area contributed by atoms with Crippen LogP contribution in [0.4, 0.5) is 5.69 Å². The van der Waals surface area contributed by atoms with Crippen molar-refractivity contribution in [3.8, 4) is 0 Å². The third-order valence-corrected chi connectivity index (χ3v) is 2.59. The van der Waals surface area contributed by atoms with Crippen molar-refractivity contribution in [2.45, 2.75) is 12.5 Å². The van der Waals surface area contributed by atoms with Gasteiger partial charge < -0.3 is 11.1 Å². The first-order valence-electron chi connectivity index (χ1n) is 4.67. The van der Waals surface area contributed by atoms with Crippen LogP contribution in [0.2, 0.25) is 0 Å². The minimum atomic E-state index is -0.447. The highest BCUT2D eigenvalue weighted by atomic mass is 32.2. The van der Waals surface area contributed by atoms with E-state index in [2.05, 4.69) is 10.4 Å². The second-order valence-corrected chi connectivity index (χ2v) is 4.27. The normalized spacial score (nSPS) is 12.5. The van der Waals surface area contributed by atoms with E-state index in [-0.39, 0.29) is 5.91 Å². The van der Waals surface area contributed by atoms with Crippen LogP contribution in [0.15, 0.2) is 12.4 Å². The average molecular weight is 228 g/mol. The maximum atomic E-state index is 11.5. The van der Waals surface area contributed by atoms with E-state index < -0.39 is 6.04 Å². The van der Waals surface area contributed by atoms with Gasteiger partial charge in [0.05, 0.1) is 17.9 Å². The molecule has 0 spiro atoms. The Balaban J connectivity index is 2.41. The summed E-state index contributed by atoms with van der Waals surface area (Å²) in [7, 11) is 1.79. The smallest absolute Gasteiger partial charge is 0.241 e. The number of hydrogen-bond donors (Lipinski definition) is 2. The van der Waals surface area contributed by atoms with Crippen LogP contribution in [0.5, 0.6) is 0 Å². The van der Waals surface area contributed by atoms with Gasteiger partial charge in [-0.2, -0.15) is 16.9 Å². The predicted molar refractivity (Wildman–Crippen MR) is 62.8 cm³/mol. The van der Waals surface area contributed by atoms with Gasteiger partial charge >= 0.3 is 0 Å². The molecule has 0 saturated heterocycles. The van der Waals surface area contributed by atoms with Crippen molar-refractivity contribution in [1.82, 2.24) is 9.78 Å². The number of nitrogens with zero attached hydrogens (tertiary/aromatic N) is 2. The Morgan fingerprint density at radius 3 is 3.07 bits per heavy atom. The van der Waals surface area contributed by atoms with Gasteiger partial charge in [-0.3, -0.25) is 9.48 Å². The first-order chi connectivity index (χ1) is 7.13. The Morgan fingerprint density at radius 2 is 2.53 bits per heavy atom. The molecule has 0 aromatic carbocycles. The van der Waals surface area contributed by atoms with E-state index in [4.69, 9.17) is 5.73 Å². The van der Waals surface area contributed by atoms with Crippen molar-refractivity contribution >= 4 is 23.4 Å². The molecule has 1 aromatic heterocycles. The molecule has 0 radical (unpaired) electrons. The summed E-state index contributed by atoms with van der Waals surface area (Å²) in [5, 5.41) is 6.66. The molecule has 1 heterocycles. The van der Waals surface area contributed by atoms with Crippen molar-refractivity contribution in [3.05, 3.63) is 12.4 Å². The molecule has 6 heteroatoms. The van der Waals surface area contributed by atoms with Crippen LogP contribution in [0.3, 0.4) is 0 Å². The summed E-state index contributed by atoms with van der Waals surface area (Å²) in [5.74, 6) is 0.735. The second-order valence-electron chi connectivity index (χ2n) is 3.28. The number of amides is 1. The fourth-order valence-electron chi connectivity index (χ4n) is 1.10. The van der Waals surface area contributed by atoms with Crippen LogP contribution in [-0.4, -0.2) is 33.7 Å². The summed E-state index contributed by atoms with van der Waals surface area (Å²) in [4.78, 5) is 11.5. The van der Waals surface area contributed by atoms with E-state index in [0.717, 1.165) is 5.75 Å². The number of aryl methyl sites for hydroxylation is 1. The number of nitrogens with two attached hydrogens (primary N) is 1. The van der Waals surface area contributed by atoms with E-state index in [1.165, 1.54) is 0 Å². The molecule has 1 amide bonds. The Bertz CT molecular complexity index is 326. The highest BCUT2D eigenvalue weighted by Gasteiger charge is 2.13. The molecule has 1 atom stereocenters. The van der Waals surface area contributed by atoms with Crippen LogP contribution in [-0.2, 0) is 11.8 Å². The lowest BCUT2D eigenvalue weighted by molar-refractivity contribution is -0.117. The number of aromatic nitrogens is 2. The molecule has 0 unspecified atom stereocenters. The van der Waals surface area contributed by atoms with Crippen LogP contribution in [0.1, 0.15) is 6.42 Å². The molecule has 3 N–H and O–H groups in total. The highest BCUT2D eigenvalue weighted by Crippen LogP contribution is 2.05. The van der Waals surface area contributed by atoms with Gasteiger partial charge in [0.25, 0.3) is 0 Å². The minimum Gasteiger partial charge on any atom is -0.322 e.